The van der Waals surface area contributed by atoms with E-state index in [-0.39, 0.29) is 6.03 Å². The van der Waals surface area contributed by atoms with Gasteiger partial charge >= 0.3 is 6.03 Å². The average Bonchev–Trinajstić information content (AvgIpc) is 2.46. The first-order chi connectivity index (χ1) is 9.61. The number of carbonyl (C=O) groups is 1. The summed E-state index contributed by atoms with van der Waals surface area (Å²) >= 11 is 0. The Morgan fingerprint density at radius 2 is 2.00 bits per heavy atom. The van der Waals surface area contributed by atoms with E-state index in [0.29, 0.717) is 12.2 Å². The van der Waals surface area contributed by atoms with Crippen molar-refractivity contribution in [1.29, 1.82) is 0 Å². The maximum Gasteiger partial charge on any atom is 0.326 e. The fraction of sp³-hybridized carbons (Fsp3) is 0.133. The van der Waals surface area contributed by atoms with E-state index in [2.05, 4.69) is 5.32 Å². The molecule has 0 aliphatic carbocycles. The summed E-state index contributed by atoms with van der Waals surface area (Å²) in [4.78, 5) is 13.6. The summed E-state index contributed by atoms with van der Waals surface area (Å²) in [5, 5.41) is 2.64. The van der Waals surface area contributed by atoms with Crippen molar-refractivity contribution in [2.75, 3.05) is 17.3 Å². The number of rotatable bonds is 3. The molecule has 0 spiro atoms. The van der Waals surface area contributed by atoms with Gasteiger partial charge in [0.2, 0.25) is 0 Å². The third-order valence-corrected chi connectivity index (χ3v) is 2.95. The van der Waals surface area contributed by atoms with Crippen LogP contribution in [0.3, 0.4) is 0 Å². The summed E-state index contributed by atoms with van der Waals surface area (Å²) < 4.78 is 13.1. The molecular formula is C15H16FN3O. The van der Waals surface area contributed by atoms with E-state index in [0.717, 1.165) is 11.3 Å². The molecule has 2 amide bonds. The minimum atomic E-state index is -0.396. The molecule has 0 atom stereocenters. The highest BCUT2D eigenvalue weighted by molar-refractivity contribution is 6.01. The summed E-state index contributed by atoms with van der Waals surface area (Å²) in [6.07, 6.45) is 0. The topological polar surface area (TPSA) is 58.4 Å². The zero-order valence-corrected chi connectivity index (χ0v) is 11.1. The lowest BCUT2D eigenvalue weighted by molar-refractivity contribution is 0.258. The molecule has 4 nitrogen and oxygen atoms in total. The van der Waals surface area contributed by atoms with Gasteiger partial charge in [-0.05, 0) is 29.8 Å². The van der Waals surface area contributed by atoms with Crippen molar-refractivity contribution >= 4 is 17.4 Å². The summed E-state index contributed by atoms with van der Waals surface area (Å²) in [5.74, 6) is -0.396. The molecule has 0 bridgehead atoms. The first-order valence-corrected chi connectivity index (χ1v) is 6.20. The zero-order chi connectivity index (χ0) is 14.5. The van der Waals surface area contributed by atoms with E-state index in [1.54, 1.807) is 19.2 Å². The highest BCUT2D eigenvalue weighted by atomic mass is 19.1. The van der Waals surface area contributed by atoms with Crippen LogP contribution in [0.15, 0.2) is 48.5 Å². The molecule has 0 unspecified atom stereocenters. The van der Waals surface area contributed by atoms with E-state index in [4.69, 9.17) is 5.73 Å². The van der Waals surface area contributed by atoms with Crippen LogP contribution in [0.1, 0.15) is 5.56 Å². The van der Waals surface area contributed by atoms with Crippen molar-refractivity contribution < 1.29 is 9.18 Å². The number of nitrogens with one attached hydrogen (secondary N) is 1. The van der Waals surface area contributed by atoms with Gasteiger partial charge < -0.3 is 11.1 Å². The molecule has 3 N–H and O–H groups in total. The predicted molar refractivity (Wildman–Crippen MR) is 78.2 cm³/mol. The Morgan fingerprint density at radius 1 is 1.25 bits per heavy atom. The fourth-order valence-electron chi connectivity index (χ4n) is 1.89. The van der Waals surface area contributed by atoms with E-state index < -0.39 is 5.82 Å². The number of carbonyl (C=O) groups excluding carboxylic acids is 1. The van der Waals surface area contributed by atoms with Crippen LogP contribution in [0, 0.1) is 5.82 Å². The molecule has 0 aromatic heterocycles. The molecular weight excluding hydrogens is 257 g/mol. The van der Waals surface area contributed by atoms with Crippen molar-refractivity contribution in [1.82, 2.24) is 0 Å². The lowest BCUT2D eigenvalue weighted by atomic mass is 10.1. The Bertz CT molecular complexity index is 616. The molecule has 2 aromatic carbocycles. The lowest BCUT2D eigenvalue weighted by Gasteiger charge is -2.20. The monoisotopic (exact) mass is 273 g/mol. The average molecular weight is 273 g/mol. The van der Waals surface area contributed by atoms with E-state index in [1.807, 2.05) is 24.3 Å². The molecule has 5 heteroatoms. The first kappa shape index (κ1) is 14.0. The third kappa shape index (κ3) is 3.13. The van der Waals surface area contributed by atoms with Crippen molar-refractivity contribution in [3.05, 3.63) is 59.9 Å². The molecule has 20 heavy (non-hydrogen) atoms. The number of amides is 2. The van der Waals surface area contributed by atoms with Gasteiger partial charge in [0.1, 0.15) is 5.82 Å². The molecule has 0 fully saturated rings. The minimum Gasteiger partial charge on any atom is -0.326 e. The normalized spacial score (nSPS) is 10.2. The quantitative estimate of drug-likeness (QED) is 0.903. The highest BCUT2D eigenvalue weighted by Crippen LogP contribution is 2.19. The van der Waals surface area contributed by atoms with Crippen molar-refractivity contribution in [2.45, 2.75) is 6.54 Å². The summed E-state index contributed by atoms with van der Waals surface area (Å²) in [5.41, 5.74) is 7.65. The van der Waals surface area contributed by atoms with Crippen molar-refractivity contribution in [3.63, 3.8) is 0 Å². The van der Waals surface area contributed by atoms with Crippen LogP contribution in [0.5, 0.6) is 0 Å². The number of hydrogen-bond donors (Lipinski definition) is 2. The van der Waals surface area contributed by atoms with E-state index in [1.165, 1.54) is 17.0 Å². The SMILES string of the molecule is CN(C(=O)Nc1cccc(F)c1)c1ccccc1CN. The van der Waals surface area contributed by atoms with Crippen molar-refractivity contribution in [2.24, 2.45) is 5.73 Å². The third-order valence-electron chi connectivity index (χ3n) is 2.95. The number of urea groups is 1. The van der Waals surface area contributed by atoms with Gasteiger partial charge in [0.05, 0.1) is 0 Å². The number of nitrogens with zero attached hydrogens (tertiary/aromatic N) is 1. The van der Waals surface area contributed by atoms with Crippen LogP contribution in [0.25, 0.3) is 0 Å². The number of anilines is 2. The second-order valence-corrected chi connectivity index (χ2v) is 4.33. The number of nitrogens with two attached hydrogens (primary N) is 1. The second-order valence-electron chi connectivity index (χ2n) is 4.33. The molecule has 2 rings (SSSR count). The maximum atomic E-state index is 13.1. The van der Waals surface area contributed by atoms with Crippen LogP contribution < -0.4 is 16.0 Å². The number of hydrogen-bond acceptors (Lipinski definition) is 2. The predicted octanol–water partition coefficient (Wildman–Crippen LogP) is 2.95. The van der Waals surface area contributed by atoms with Gasteiger partial charge in [-0.1, -0.05) is 24.3 Å². The van der Waals surface area contributed by atoms with Crippen LogP contribution in [-0.4, -0.2) is 13.1 Å². The van der Waals surface area contributed by atoms with Crippen LogP contribution in [0.2, 0.25) is 0 Å². The maximum absolute atomic E-state index is 13.1. The summed E-state index contributed by atoms with van der Waals surface area (Å²) in [6, 6.07) is 12.8. The molecule has 0 radical (unpaired) electrons. The Balaban J connectivity index is 2.16. The molecule has 104 valence electrons. The smallest absolute Gasteiger partial charge is 0.326 e. The standard InChI is InChI=1S/C15H16FN3O/c1-19(14-8-3-2-5-11(14)10-17)15(20)18-13-7-4-6-12(16)9-13/h2-9H,10,17H2,1H3,(H,18,20). The molecule has 0 heterocycles. The largest absolute Gasteiger partial charge is 0.326 e. The Labute approximate surface area is 117 Å². The van der Waals surface area contributed by atoms with Gasteiger partial charge in [0, 0.05) is 25.0 Å². The second kappa shape index (κ2) is 6.16. The number of halogens is 1. The van der Waals surface area contributed by atoms with Gasteiger partial charge in [-0.15, -0.1) is 0 Å². The summed E-state index contributed by atoms with van der Waals surface area (Å²) in [7, 11) is 1.64. The van der Waals surface area contributed by atoms with Gasteiger partial charge in [-0.25, -0.2) is 9.18 Å². The minimum absolute atomic E-state index is 0.341. The molecule has 0 aliphatic rings. The molecule has 0 saturated heterocycles. The van der Waals surface area contributed by atoms with Crippen LogP contribution in [0.4, 0.5) is 20.6 Å². The number of benzene rings is 2. The van der Waals surface area contributed by atoms with Crippen LogP contribution in [-0.2, 0) is 6.54 Å². The van der Waals surface area contributed by atoms with Crippen molar-refractivity contribution in [3.8, 4) is 0 Å². The Hall–Kier alpha value is -2.40. The van der Waals surface area contributed by atoms with Gasteiger partial charge in [-0.2, -0.15) is 0 Å². The number of para-hydroxylation sites is 1. The van der Waals surface area contributed by atoms with Gasteiger partial charge in [0.15, 0.2) is 0 Å². The van der Waals surface area contributed by atoms with E-state index in [9.17, 15) is 9.18 Å². The molecule has 2 aromatic rings. The fourth-order valence-corrected chi connectivity index (χ4v) is 1.89. The Kier molecular flexibility index (Phi) is 4.32. The Morgan fingerprint density at radius 3 is 2.70 bits per heavy atom. The molecule has 0 aliphatic heterocycles. The van der Waals surface area contributed by atoms with Gasteiger partial charge in [-0.3, -0.25) is 4.90 Å². The lowest BCUT2D eigenvalue weighted by Crippen LogP contribution is -2.32. The molecule has 0 saturated carbocycles. The first-order valence-electron chi connectivity index (χ1n) is 6.20. The van der Waals surface area contributed by atoms with Gasteiger partial charge in [0.25, 0.3) is 0 Å². The van der Waals surface area contributed by atoms with E-state index >= 15 is 0 Å². The summed E-state index contributed by atoms with van der Waals surface area (Å²) in [6.45, 7) is 0.341. The zero-order valence-electron chi connectivity index (χ0n) is 11.1. The highest BCUT2D eigenvalue weighted by Gasteiger charge is 2.13. The van der Waals surface area contributed by atoms with Crippen LogP contribution >= 0.6 is 0 Å².